The molecule has 0 aliphatic heterocycles. The lowest BCUT2D eigenvalue weighted by molar-refractivity contribution is -0.0512. The zero-order chi connectivity index (χ0) is 13.8. The van der Waals surface area contributed by atoms with E-state index in [4.69, 9.17) is 4.74 Å². The average molecular weight is 259 g/mol. The van der Waals surface area contributed by atoms with Crippen LogP contribution in [0.4, 0.5) is 8.78 Å². The van der Waals surface area contributed by atoms with Gasteiger partial charge >= 0.3 is 6.61 Å². The molecule has 0 radical (unpaired) electrons. The summed E-state index contributed by atoms with van der Waals surface area (Å²) in [7, 11) is 1.43. The van der Waals surface area contributed by atoms with E-state index in [1.165, 1.54) is 13.2 Å². The van der Waals surface area contributed by atoms with Crippen molar-refractivity contribution in [1.82, 2.24) is 5.32 Å². The number of halogens is 2. The third-order valence-electron chi connectivity index (χ3n) is 2.27. The largest absolute Gasteiger partial charge is 0.493 e. The highest BCUT2D eigenvalue weighted by Crippen LogP contribution is 2.29. The fraction of sp³-hybridized carbons (Fsp3) is 0.538. The highest BCUT2D eigenvalue weighted by molar-refractivity contribution is 5.43. The van der Waals surface area contributed by atoms with Gasteiger partial charge in [-0.3, -0.25) is 0 Å². The van der Waals surface area contributed by atoms with E-state index >= 15 is 0 Å². The minimum atomic E-state index is -2.85. The number of ether oxygens (including phenoxy) is 2. The van der Waals surface area contributed by atoms with E-state index in [0.717, 1.165) is 5.56 Å². The second kappa shape index (κ2) is 6.00. The van der Waals surface area contributed by atoms with Crippen molar-refractivity contribution in [2.24, 2.45) is 0 Å². The van der Waals surface area contributed by atoms with E-state index in [1.54, 1.807) is 12.1 Å². The van der Waals surface area contributed by atoms with Gasteiger partial charge in [0.2, 0.25) is 0 Å². The molecule has 18 heavy (non-hydrogen) atoms. The van der Waals surface area contributed by atoms with Crippen LogP contribution in [0.2, 0.25) is 0 Å². The van der Waals surface area contributed by atoms with Gasteiger partial charge in [-0.15, -0.1) is 0 Å². The quantitative estimate of drug-likeness (QED) is 0.881. The molecule has 0 aliphatic rings. The normalized spacial score (nSPS) is 11.7. The van der Waals surface area contributed by atoms with Crippen LogP contribution >= 0.6 is 0 Å². The number of hydrogen-bond acceptors (Lipinski definition) is 3. The standard InChI is InChI=1S/C13H19F2NO2/c1-13(2,3)16-8-9-5-6-10(18-12(14)15)11(7-9)17-4/h5-7,12,16H,8H2,1-4H3. The molecule has 0 fully saturated rings. The first-order valence-electron chi connectivity index (χ1n) is 5.68. The third kappa shape index (κ3) is 4.87. The van der Waals surface area contributed by atoms with Crippen LogP contribution < -0.4 is 14.8 Å². The summed E-state index contributed by atoms with van der Waals surface area (Å²) in [6.45, 7) is 3.95. The highest BCUT2D eigenvalue weighted by Gasteiger charge is 2.12. The summed E-state index contributed by atoms with van der Waals surface area (Å²) in [5.41, 5.74) is 0.939. The van der Waals surface area contributed by atoms with Gasteiger partial charge in [-0.25, -0.2) is 0 Å². The summed E-state index contributed by atoms with van der Waals surface area (Å²) in [5.74, 6) is 0.357. The van der Waals surface area contributed by atoms with Crippen molar-refractivity contribution in [3.8, 4) is 11.5 Å². The Balaban J connectivity index is 2.78. The molecule has 1 rings (SSSR count). The van der Waals surface area contributed by atoms with Crippen molar-refractivity contribution in [2.45, 2.75) is 39.5 Å². The minimum Gasteiger partial charge on any atom is -0.493 e. The molecule has 0 bridgehead atoms. The van der Waals surface area contributed by atoms with Crippen LogP contribution in [-0.2, 0) is 6.54 Å². The first-order valence-corrected chi connectivity index (χ1v) is 5.68. The van der Waals surface area contributed by atoms with Crippen LogP contribution in [0.3, 0.4) is 0 Å². The number of nitrogens with one attached hydrogen (secondary N) is 1. The van der Waals surface area contributed by atoms with E-state index in [-0.39, 0.29) is 11.3 Å². The van der Waals surface area contributed by atoms with Gasteiger partial charge < -0.3 is 14.8 Å². The number of methoxy groups -OCH3 is 1. The van der Waals surface area contributed by atoms with Crippen LogP contribution in [-0.4, -0.2) is 19.3 Å². The molecule has 0 amide bonds. The first kappa shape index (κ1) is 14.7. The maximum atomic E-state index is 12.2. The van der Waals surface area contributed by atoms with Crippen LogP contribution in [0.1, 0.15) is 26.3 Å². The zero-order valence-electron chi connectivity index (χ0n) is 11.1. The van der Waals surface area contributed by atoms with Crippen molar-refractivity contribution in [3.63, 3.8) is 0 Å². The van der Waals surface area contributed by atoms with Gasteiger partial charge in [-0.05, 0) is 38.5 Å². The topological polar surface area (TPSA) is 30.5 Å². The smallest absolute Gasteiger partial charge is 0.387 e. The lowest BCUT2D eigenvalue weighted by Crippen LogP contribution is -2.35. The molecule has 5 heteroatoms. The maximum absolute atomic E-state index is 12.2. The van der Waals surface area contributed by atoms with Crippen LogP contribution in [0.15, 0.2) is 18.2 Å². The average Bonchev–Trinajstić information content (AvgIpc) is 2.26. The van der Waals surface area contributed by atoms with Crippen molar-refractivity contribution in [1.29, 1.82) is 0 Å². The Labute approximate surface area is 106 Å². The van der Waals surface area contributed by atoms with Gasteiger partial charge in [0.15, 0.2) is 11.5 Å². The Morgan fingerprint density at radius 3 is 2.39 bits per heavy atom. The van der Waals surface area contributed by atoms with E-state index < -0.39 is 6.61 Å². The number of benzene rings is 1. The molecule has 0 saturated carbocycles. The first-order chi connectivity index (χ1) is 8.31. The summed E-state index contributed by atoms with van der Waals surface area (Å²) < 4.78 is 33.7. The molecular formula is C13H19F2NO2. The summed E-state index contributed by atoms with van der Waals surface area (Å²) in [5, 5.41) is 3.31. The molecular weight excluding hydrogens is 240 g/mol. The monoisotopic (exact) mass is 259 g/mol. The Morgan fingerprint density at radius 1 is 1.22 bits per heavy atom. The Bertz CT molecular complexity index is 389. The second-order valence-electron chi connectivity index (χ2n) is 4.97. The summed E-state index contributed by atoms with van der Waals surface area (Å²) in [4.78, 5) is 0. The molecule has 1 N–H and O–H groups in total. The zero-order valence-corrected chi connectivity index (χ0v) is 11.1. The van der Waals surface area contributed by atoms with Gasteiger partial charge in [0.05, 0.1) is 7.11 Å². The van der Waals surface area contributed by atoms with Gasteiger partial charge in [-0.1, -0.05) is 6.07 Å². The molecule has 1 aromatic rings. The lowest BCUT2D eigenvalue weighted by atomic mass is 10.1. The van der Waals surface area contributed by atoms with Gasteiger partial charge in [0.25, 0.3) is 0 Å². The fourth-order valence-electron chi connectivity index (χ4n) is 1.38. The summed E-state index contributed by atoms with van der Waals surface area (Å²) in [6, 6.07) is 4.92. The molecule has 0 aromatic heterocycles. The van der Waals surface area contributed by atoms with Crippen LogP contribution in [0.5, 0.6) is 11.5 Å². The summed E-state index contributed by atoms with van der Waals surface area (Å²) in [6.07, 6.45) is 0. The molecule has 0 atom stereocenters. The molecule has 0 aliphatic carbocycles. The number of rotatable bonds is 5. The van der Waals surface area contributed by atoms with Crippen molar-refractivity contribution < 1.29 is 18.3 Å². The minimum absolute atomic E-state index is 0.00855. The summed E-state index contributed by atoms with van der Waals surface area (Å²) >= 11 is 0. The molecule has 3 nitrogen and oxygen atoms in total. The highest BCUT2D eigenvalue weighted by atomic mass is 19.3. The number of hydrogen-bond donors (Lipinski definition) is 1. The lowest BCUT2D eigenvalue weighted by Gasteiger charge is -2.21. The molecule has 1 aromatic carbocycles. The maximum Gasteiger partial charge on any atom is 0.387 e. The Kier molecular flexibility index (Phi) is 4.90. The SMILES string of the molecule is COc1cc(CNC(C)(C)C)ccc1OC(F)F. The van der Waals surface area contributed by atoms with Crippen molar-refractivity contribution >= 4 is 0 Å². The van der Waals surface area contributed by atoms with E-state index in [9.17, 15) is 8.78 Å². The molecule has 0 heterocycles. The molecule has 0 saturated heterocycles. The Hall–Kier alpha value is -1.36. The predicted molar refractivity (Wildman–Crippen MR) is 66.2 cm³/mol. The fourth-order valence-corrected chi connectivity index (χ4v) is 1.38. The predicted octanol–water partition coefficient (Wildman–Crippen LogP) is 3.18. The van der Waals surface area contributed by atoms with Crippen LogP contribution in [0.25, 0.3) is 0 Å². The van der Waals surface area contributed by atoms with Gasteiger partial charge in [0.1, 0.15) is 0 Å². The van der Waals surface area contributed by atoms with Gasteiger partial charge in [-0.2, -0.15) is 8.78 Å². The van der Waals surface area contributed by atoms with E-state index in [2.05, 4.69) is 30.8 Å². The second-order valence-corrected chi connectivity index (χ2v) is 4.97. The molecule has 0 spiro atoms. The Morgan fingerprint density at radius 2 is 1.89 bits per heavy atom. The number of alkyl halides is 2. The molecule has 102 valence electrons. The van der Waals surface area contributed by atoms with Gasteiger partial charge in [0, 0.05) is 12.1 Å². The van der Waals surface area contributed by atoms with E-state index in [0.29, 0.717) is 12.3 Å². The van der Waals surface area contributed by atoms with E-state index in [1.807, 2.05) is 0 Å². The van der Waals surface area contributed by atoms with Crippen molar-refractivity contribution in [2.75, 3.05) is 7.11 Å². The third-order valence-corrected chi connectivity index (χ3v) is 2.27. The van der Waals surface area contributed by atoms with Crippen LogP contribution in [0, 0.1) is 0 Å². The molecule has 0 unspecified atom stereocenters. The van der Waals surface area contributed by atoms with Crippen molar-refractivity contribution in [3.05, 3.63) is 23.8 Å².